The van der Waals surface area contributed by atoms with Crippen LogP contribution in [-0.2, 0) is 0 Å². The molecule has 0 heterocycles. The number of hydrogen-bond acceptors (Lipinski definition) is 0. The molecule has 2 heteroatoms. The summed E-state index contributed by atoms with van der Waals surface area (Å²) in [6.07, 6.45) is 0. The van der Waals surface area contributed by atoms with E-state index in [2.05, 4.69) is 62.4 Å². The Morgan fingerprint density at radius 1 is 0.688 bits per heavy atom. The van der Waals surface area contributed by atoms with Crippen LogP contribution >= 0.6 is 8.92 Å². The maximum atomic E-state index is 6.63. The summed E-state index contributed by atoms with van der Waals surface area (Å²) < 4.78 is 2.69. The van der Waals surface area contributed by atoms with Crippen molar-refractivity contribution in [2.24, 2.45) is 0 Å². The predicted molar refractivity (Wildman–Crippen MR) is 73.2 cm³/mol. The molecule has 2 aromatic carbocycles. The van der Waals surface area contributed by atoms with Crippen LogP contribution < -0.4 is 7.16 Å². The predicted octanol–water partition coefficient (Wildman–Crippen LogP) is 2.65. The van der Waals surface area contributed by atoms with Gasteiger partial charge in [-0.3, -0.25) is 0 Å². The van der Waals surface area contributed by atoms with Crippen LogP contribution in [0.1, 0.15) is 11.1 Å². The van der Waals surface area contributed by atoms with Crippen LogP contribution in [0.4, 0.5) is 0 Å². The van der Waals surface area contributed by atoms with Crippen molar-refractivity contribution >= 4 is 34.7 Å². The standard InChI is InChI=1S/2C7H7.ClH.Sn/c2*1-7-5-3-2-4-6-7;;/h2*3-6H,1H3;1H;/q;;;+1/p-1. The van der Waals surface area contributed by atoms with Gasteiger partial charge in [-0.15, -0.1) is 0 Å². The monoisotopic (exact) mass is 337 g/mol. The molecule has 0 nitrogen and oxygen atoms in total. The first-order chi connectivity index (χ1) is 7.66. The first-order valence-corrected chi connectivity index (χ1v) is 11.8. The molecule has 0 saturated carbocycles. The van der Waals surface area contributed by atoms with Gasteiger partial charge in [0.25, 0.3) is 0 Å². The molecule has 16 heavy (non-hydrogen) atoms. The van der Waals surface area contributed by atoms with Gasteiger partial charge in [0, 0.05) is 0 Å². The summed E-state index contributed by atoms with van der Waals surface area (Å²) in [6.45, 7) is 4.21. The van der Waals surface area contributed by atoms with E-state index in [9.17, 15) is 0 Å². The van der Waals surface area contributed by atoms with Gasteiger partial charge < -0.3 is 0 Å². The van der Waals surface area contributed by atoms with Gasteiger partial charge in [0.15, 0.2) is 0 Å². The van der Waals surface area contributed by atoms with E-state index in [4.69, 9.17) is 8.92 Å². The fourth-order valence-electron chi connectivity index (χ4n) is 1.57. The van der Waals surface area contributed by atoms with Gasteiger partial charge in [0.2, 0.25) is 0 Å². The van der Waals surface area contributed by atoms with Gasteiger partial charge in [0.05, 0.1) is 0 Å². The summed E-state index contributed by atoms with van der Waals surface area (Å²) in [5.74, 6) is 0. The van der Waals surface area contributed by atoms with E-state index in [1.54, 1.807) is 0 Å². The molecule has 0 saturated heterocycles. The zero-order valence-corrected chi connectivity index (χ0v) is 13.1. The zero-order valence-electron chi connectivity index (χ0n) is 9.50. The van der Waals surface area contributed by atoms with Crippen molar-refractivity contribution in [1.82, 2.24) is 0 Å². The van der Waals surface area contributed by atoms with E-state index in [1.165, 1.54) is 18.3 Å². The van der Waals surface area contributed by atoms with Crippen LogP contribution in [0.2, 0.25) is 0 Å². The van der Waals surface area contributed by atoms with Crippen molar-refractivity contribution in [2.75, 3.05) is 0 Å². The second-order valence-electron chi connectivity index (χ2n) is 4.05. The Morgan fingerprint density at radius 2 is 1.00 bits per heavy atom. The van der Waals surface area contributed by atoms with Crippen molar-refractivity contribution in [3.8, 4) is 0 Å². The molecular formula is C14H14ClSn. The van der Waals surface area contributed by atoms with Gasteiger partial charge in [-0.25, -0.2) is 0 Å². The van der Waals surface area contributed by atoms with Gasteiger partial charge >= 0.3 is 108 Å². The Hall–Kier alpha value is -0.471. The SMILES string of the molecule is Cc1cc[c]([Sn]([Cl])[c]2ccc(C)cc2)cc1. The molecule has 0 amide bonds. The van der Waals surface area contributed by atoms with Gasteiger partial charge in [-0.2, -0.15) is 0 Å². The molecule has 0 aromatic heterocycles. The Bertz CT molecular complexity index is 414. The molecule has 0 fully saturated rings. The van der Waals surface area contributed by atoms with E-state index in [0.717, 1.165) is 0 Å². The summed E-state index contributed by atoms with van der Waals surface area (Å²) in [5, 5.41) is 0. The maximum absolute atomic E-state index is 6.63. The van der Waals surface area contributed by atoms with Crippen molar-refractivity contribution in [2.45, 2.75) is 13.8 Å². The van der Waals surface area contributed by atoms with Crippen LogP contribution in [0.3, 0.4) is 0 Å². The molecule has 81 valence electrons. The first kappa shape index (κ1) is 12.0. The Morgan fingerprint density at radius 3 is 1.31 bits per heavy atom. The number of halogens is 1. The van der Waals surface area contributed by atoms with Crippen molar-refractivity contribution in [3.05, 3.63) is 59.7 Å². The average molecular weight is 336 g/mol. The van der Waals surface area contributed by atoms with Crippen LogP contribution in [-0.4, -0.2) is 18.6 Å². The fourth-order valence-corrected chi connectivity index (χ4v) is 6.83. The normalized spacial score (nSPS) is 10.8. The molecule has 0 aliphatic heterocycles. The molecule has 0 aliphatic rings. The minimum absolute atomic E-state index is 1.29. The topological polar surface area (TPSA) is 0 Å². The molecule has 2 rings (SSSR count). The quantitative estimate of drug-likeness (QED) is 0.740. The van der Waals surface area contributed by atoms with Gasteiger partial charge in [-0.1, -0.05) is 0 Å². The molecule has 1 radical (unpaired) electrons. The third-order valence-electron chi connectivity index (χ3n) is 2.61. The molecule has 0 atom stereocenters. The summed E-state index contributed by atoms with van der Waals surface area (Å²) in [5.41, 5.74) is 2.58. The molecule has 2 aromatic rings. The molecule has 0 spiro atoms. The Kier molecular flexibility index (Phi) is 3.93. The van der Waals surface area contributed by atoms with Crippen molar-refractivity contribution in [1.29, 1.82) is 0 Å². The van der Waals surface area contributed by atoms with E-state index in [1.807, 2.05) is 0 Å². The van der Waals surface area contributed by atoms with E-state index >= 15 is 0 Å². The van der Waals surface area contributed by atoms with Crippen molar-refractivity contribution < 1.29 is 0 Å². The first-order valence-electron chi connectivity index (χ1n) is 5.33. The third-order valence-corrected chi connectivity index (χ3v) is 10.3. The van der Waals surface area contributed by atoms with Crippen LogP contribution in [0.15, 0.2) is 48.5 Å². The molecule has 0 bridgehead atoms. The van der Waals surface area contributed by atoms with Crippen molar-refractivity contribution in [3.63, 3.8) is 0 Å². The number of hydrogen-bond donors (Lipinski definition) is 0. The second kappa shape index (κ2) is 5.24. The average Bonchev–Trinajstić information content (AvgIpc) is 2.30. The van der Waals surface area contributed by atoms with E-state index in [-0.39, 0.29) is 0 Å². The van der Waals surface area contributed by atoms with Crippen LogP contribution in [0.25, 0.3) is 0 Å². The Balaban J connectivity index is 2.28. The molecule has 0 aliphatic carbocycles. The third kappa shape index (κ3) is 2.80. The Labute approximate surface area is 108 Å². The summed E-state index contributed by atoms with van der Waals surface area (Å²) in [6, 6.07) is 17.3. The van der Waals surface area contributed by atoms with Crippen LogP contribution in [0, 0.1) is 13.8 Å². The van der Waals surface area contributed by atoms with E-state index in [0.29, 0.717) is 0 Å². The minimum atomic E-state index is -2.08. The second-order valence-corrected chi connectivity index (χ2v) is 11.7. The molecular weight excluding hydrogens is 322 g/mol. The van der Waals surface area contributed by atoms with Gasteiger partial charge in [-0.05, 0) is 0 Å². The number of benzene rings is 2. The fraction of sp³-hybridized carbons (Fsp3) is 0.143. The summed E-state index contributed by atoms with van der Waals surface area (Å²) in [7, 11) is 6.63. The van der Waals surface area contributed by atoms with E-state index < -0.39 is 18.6 Å². The zero-order chi connectivity index (χ0) is 11.5. The van der Waals surface area contributed by atoms with Gasteiger partial charge in [0.1, 0.15) is 0 Å². The summed E-state index contributed by atoms with van der Waals surface area (Å²) >= 11 is -2.08. The molecule has 0 unspecified atom stereocenters. The van der Waals surface area contributed by atoms with Crippen LogP contribution in [0.5, 0.6) is 0 Å². The number of rotatable bonds is 2. The summed E-state index contributed by atoms with van der Waals surface area (Å²) in [4.78, 5) is 0. The number of aryl methyl sites for hydroxylation is 2. The molecule has 0 N–H and O–H groups in total.